The number of hydrogen-bond donors (Lipinski definition) is 1. The molecule has 2 aromatic carbocycles. The minimum Gasteiger partial charge on any atom is -0.497 e. The Morgan fingerprint density at radius 3 is 2.44 bits per heavy atom. The van der Waals surface area contributed by atoms with Crippen LogP contribution in [0.25, 0.3) is 0 Å². The van der Waals surface area contributed by atoms with Gasteiger partial charge in [0.15, 0.2) is 0 Å². The van der Waals surface area contributed by atoms with Gasteiger partial charge in [-0.3, -0.25) is 9.59 Å². The van der Waals surface area contributed by atoms with Gasteiger partial charge in [-0.25, -0.2) is 4.79 Å². The van der Waals surface area contributed by atoms with E-state index in [0.717, 1.165) is 47.8 Å². The van der Waals surface area contributed by atoms with Crippen LogP contribution in [0.4, 0.5) is 10.5 Å². The summed E-state index contributed by atoms with van der Waals surface area (Å²) in [4.78, 5) is 42.2. The summed E-state index contributed by atoms with van der Waals surface area (Å²) in [6, 6.07) is 13.7. The number of fused-ring (bicyclic) bond motifs is 1. The number of esters is 1. The Labute approximate surface area is 296 Å². The van der Waals surface area contributed by atoms with Crippen LogP contribution in [0.3, 0.4) is 0 Å². The van der Waals surface area contributed by atoms with Crippen molar-refractivity contribution in [1.29, 1.82) is 0 Å². The first-order valence-corrected chi connectivity index (χ1v) is 17.5. The van der Waals surface area contributed by atoms with E-state index in [4.69, 9.17) is 28.4 Å². The molecule has 276 valence electrons. The zero-order chi connectivity index (χ0) is 36.4. The fraction of sp³-hybridized carbons (Fsp3) is 0.605. The third-order valence-electron chi connectivity index (χ3n) is 9.07. The molecule has 4 rings (SSSR count). The second-order valence-corrected chi connectivity index (χ2v) is 14.1. The number of carbonyl (C=O) groups excluding carboxylic acids is 3. The number of piperidine rings is 1. The van der Waals surface area contributed by atoms with Crippen LogP contribution in [-0.2, 0) is 35.1 Å². The highest BCUT2D eigenvalue weighted by atomic mass is 16.7. The molecule has 2 amide bonds. The maximum Gasteiger partial charge on any atom is 0.413 e. The van der Waals surface area contributed by atoms with Crippen LogP contribution in [0.5, 0.6) is 11.5 Å². The summed E-state index contributed by atoms with van der Waals surface area (Å²) in [6.45, 7) is 13.8. The maximum absolute atomic E-state index is 13.9. The van der Waals surface area contributed by atoms with Crippen molar-refractivity contribution in [3.05, 3.63) is 53.6 Å². The molecule has 1 unspecified atom stereocenters. The van der Waals surface area contributed by atoms with Crippen molar-refractivity contribution in [2.24, 2.45) is 5.92 Å². The number of nitrogens with zero attached hydrogens (tertiary/aromatic N) is 2. The zero-order valence-corrected chi connectivity index (χ0v) is 30.9. The first-order chi connectivity index (χ1) is 23.8. The molecule has 2 aliphatic rings. The molecule has 0 aliphatic carbocycles. The first-order valence-electron chi connectivity index (χ1n) is 17.5. The summed E-state index contributed by atoms with van der Waals surface area (Å²) in [6.07, 6.45) is -0.189. The van der Waals surface area contributed by atoms with Crippen LogP contribution in [0, 0.1) is 5.92 Å². The molecule has 12 heteroatoms. The molecule has 0 spiro atoms. The highest BCUT2D eigenvalue weighted by Crippen LogP contribution is 2.39. The molecule has 1 fully saturated rings. The molecular weight excluding hydrogens is 642 g/mol. The number of amides is 2. The van der Waals surface area contributed by atoms with Crippen molar-refractivity contribution < 1.29 is 42.8 Å². The normalized spacial score (nSPS) is 19.7. The standard InChI is InChI=1S/C38H55N3O9/c1-25(2)36(43)49-27(4)50-37(44)41-23-35(48-24-28-10-15-34-33(20-28)40(17-19-47-34)16-9-18-45-7)32(29-11-13-31(46-8)14-12-29)21-30(41)22-38(5,6)39-26(3)42/h10-15,20,25,27,30,32,35H,9,16-19,21-24H2,1-8H3,(H,39,42)/t27?,30-,32-,35+/m1/s1. The van der Waals surface area contributed by atoms with Gasteiger partial charge in [-0.15, -0.1) is 0 Å². The molecule has 2 aliphatic heterocycles. The molecular formula is C38H55N3O9. The number of carbonyl (C=O) groups is 3. The molecule has 0 radical (unpaired) electrons. The van der Waals surface area contributed by atoms with E-state index in [1.165, 1.54) is 13.8 Å². The van der Waals surface area contributed by atoms with Crippen molar-refractivity contribution in [2.75, 3.05) is 52.0 Å². The van der Waals surface area contributed by atoms with Gasteiger partial charge in [-0.2, -0.15) is 0 Å². The van der Waals surface area contributed by atoms with Gasteiger partial charge in [-0.1, -0.05) is 32.0 Å². The number of ether oxygens (including phenoxy) is 6. The summed E-state index contributed by atoms with van der Waals surface area (Å²) < 4.78 is 34.4. The second-order valence-electron chi connectivity index (χ2n) is 14.1. The lowest BCUT2D eigenvalue weighted by Crippen LogP contribution is -2.56. The topological polar surface area (TPSA) is 125 Å². The highest BCUT2D eigenvalue weighted by molar-refractivity contribution is 5.74. The molecule has 4 atom stereocenters. The van der Waals surface area contributed by atoms with Crippen LogP contribution in [0.1, 0.15) is 77.8 Å². The molecule has 0 bridgehead atoms. The zero-order valence-electron chi connectivity index (χ0n) is 30.9. The SMILES string of the molecule is COCCCN1CCOc2ccc(CO[C@H]3CN(C(=O)OC(C)OC(=O)C(C)C)[C@@H](CC(C)(C)NC(C)=O)C[C@@H]3c3ccc(OC)cc3)cc21. The summed E-state index contributed by atoms with van der Waals surface area (Å²) in [5.41, 5.74) is 2.44. The monoisotopic (exact) mass is 697 g/mol. The van der Waals surface area contributed by atoms with Gasteiger partial charge in [0.2, 0.25) is 12.2 Å². The minimum atomic E-state index is -1.08. The summed E-state index contributed by atoms with van der Waals surface area (Å²) >= 11 is 0. The lowest BCUT2D eigenvalue weighted by Gasteiger charge is -2.46. The van der Waals surface area contributed by atoms with E-state index in [0.29, 0.717) is 32.7 Å². The molecule has 1 saturated heterocycles. The molecule has 12 nitrogen and oxygen atoms in total. The Hall–Kier alpha value is -4.03. The fourth-order valence-electron chi connectivity index (χ4n) is 6.72. The minimum absolute atomic E-state index is 0.0919. The Kier molecular flexibility index (Phi) is 13.8. The molecule has 2 aromatic rings. The van der Waals surface area contributed by atoms with Crippen LogP contribution < -0.4 is 19.7 Å². The predicted molar refractivity (Wildman–Crippen MR) is 189 cm³/mol. The van der Waals surface area contributed by atoms with E-state index in [-0.39, 0.29) is 30.3 Å². The Balaban J connectivity index is 1.62. The summed E-state index contributed by atoms with van der Waals surface area (Å²) in [7, 11) is 3.34. The van der Waals surface area contributed by atoms with E-state index in [9.17, 15) is 14.4 Å². The summed E-state index contributed by atoms with van der Waals surface area (Å²) in [5, 5.41) is 3.02. The average Bonchev–Trinajstić information content (AvgIpc) is 3.06. The Bertz CT molecular complexity index is 1430. The second kappa shape index (κ2) is 17.8. The van der Waals surface area contributed by atoms with Gasteiger partial charge >= 0.3 is 12.1 Å². The maximum atomic E-state index is 13.9. The van der Waals surface area contributed by atoms with Crippen molar-refractivity contribution in [2.45, 2.75) is 97.3 Å². The van der Waals surface area contributed by atoms with Crippen molar-refractivity contribution in [1.82, 2.24) is 10.2 Å². The number of anilines is 1. The first kappa shape index (κ1) is 38.8. The molecule has 1 N–H and O–H groups in total. The smallest absolute Gasteiger partial charge is 0.413 e. The Morgan fingerprint density at radius 2 is 1.78 bits per heavy atom. The predicted octanol–water partition coefficient (Wildman–Crippen LogP) is 5.66. The van der Waals surface area contributed by atoms with Crippen LogP contribution >= 0.6 is 0 Å². The van der Waals surface area contributed by atoms with Crippen LogP contribution in [0.15, 0.2) is 42.5 Å². The van der Waals surface area contributed by atoms with Crippen LogP contribution in [-0.4, -0.2) is 93.9 Å². The van der Waals surface area contributed by atoms with Crippen molar-refractivity contribution >= 4 is 23.7 Å². The number of likely N-dealkylation sites (tertiary alicyclic amines) is 1. The van der Waals surface area contributed by atoms with Gasteiger partial charge in [0.05, 0.1) is 44.5 Å². The number of hydrogen-bond acceptors (Lipinski definition) is 10. The number of benzene rings is 2. The molecule has 2 heterocycles. The number of methoxy groups -OCH3 is 2. The summed E-state index contributed by atoms with van der Waals surface area (Å²) in [5.74, 6) is 0.512. The van der Waals surface area contributed by atoms with Gasteiger partial charge in [0, 0.05) is 51.6 Å². The lowest BCUT2D eigenvalue weighted by atomic mass is 9.79. The van der Waals surface area contributed by atoms with Crippen molar-refractivity contribution in [3.63, 3.8) is 0 Å². The van der Waals surface area contributed by atoms with Gasteiger partial charge in [0.25, 0.3) is 0 Å². The van der Waals surface area contributed by atoms with E-state index in [1.807, 2.05) is 50.2 Å². The number of nitrogens with one attached hydrogen (secondary N) is 1. The molecule has 0 saturated carbocycles. The Morgan fingerprint density at radius 1 is 1.04 bits per heavy atom. The van der Waals surface area contributed by atoms with E-state index in [1.54, 1.807) is 33.0 Å². The third-order valence-corrected chi connectivity index (χ3v) is 9.07. The van der Waals surface area contributed by atoms with E-state index < -0.39 is 30.0 Å². The van der Waals surface area contributed by atoms with E-state index >= 15 is 0 Å². The molecule has 50 heavy (non-hydrogen) atoms. The van der Waals surface area contributed by atoms with E-state index in [2.05, 4.69) is 16.3 Å². The van der Waals surface area contributed by atoms with Gasteiger partial charge in [0.1, 0.15) is 18.1 Å². The fourth-order valence-corrected chi connectivity index (χ4v) is 6.72. The van der Waals surface area contributed by atoms with Crippen molar-refractivity contribution in [3.8, 4) is 11.5 Å². The quantitative estimate of drug-likeness (QED) is 0.142. The lowest BCUT2D eigenvalue weighted by molar-refractivity contribution is -0.171. The van der Waals surface area contributed by atoms with Gasteiger partial charge in [-0.05, 0) is 68.5 Å². The molecule has 0 aromatic heterocycles. The number of rotatable bonds is 15. The van der Waals surface area contributed by atoms with Crippen LogP contribution in [0.2, 0.25) is 0 Å². The largest absolute Gasteiger partial charge is 0.497 e. The van der Waals surface area contributed by atoms with Gasteiger partial charge < -0.3 is 43.5 Å². The highest BCUT2D eigenvalue weighted by Gasteiger charge is 2.43. The average molecular weight is 698 g/mol. The third kappa shape index (κ3) is 10.7.